The number of hydrogen-bond acceptors (Lipinski definition) is 5. The number of thiophene rings is 1. The lowest BCUT2D eigenvalue weighted by atomic mass is 10.0. The van der Waals surface area contributed by atoms with Gasteiger partial charge in [0.2, 0.25) is 0 Å². The lowest BCUT2D eigenvalue weighted by Gasteiger charge is -2.17. The Morgan fingerprint density at radius 3 is 2.50 bits per heavy atom. The van der Waals surface area contributed by atoms with Crippen LogP contribution in [0, 0.1) is 16.0 Å². The zero-order chi connectivity index (χ0) is 13.9. The number of nitrogens with one attached hydrogen (secondary N) is 1. The molecule has 0 saturated carbocycles. The predicted octanol–water partition coefficient (Wildman–Crippen LogP) is 1.50. The van der Waals surface area contributed by atoms with Crippen molar-refractivity contribution in [2.75, 3.05) is 0 Å². The summed E-state index contributed by atoms with van der Waals surface area (Å²) in [7, 11) is 0. The van der Waals surface area contributed by atoms with Gasteiger partial charge in [0.15, 0.2) is 0 Å². The number of aliphatic carboxylic acids is 1. The van der Waals surface area contributed by atoms with Gasteiger partial charge in [-0.05, 0) is 5.92 Å². The molecule has 0 spiro atoms. The second-order valence-electron chi connectivity index (χ2n) is 3.96. The minimum absolute atomic E-state index is 0.0959. The number of carbonyl (C=O) groups is 2. The van der Waals surface area contributed by atoms with Gasteiger partial charge in [-0.25, -0.2) is 4.79 Å². The fourth-order valence-corrected chi connectivity index (χ4v) is 1.98. The maximum atomic E-state index is 11.7. The third-order valence-corrected chi connectivity index (χ3v) is 3.13. The summed E-state index contributed by atoms with van der Waals surface area (Å²) in [5, 5.41) is 22.9. The summed E-state index contributed by atoms with van der Waals surface area (Å²) in [4.78, 5) is 32.5. The van der Waals surface area contributed by atoms with Gasteiger partial charge in [0.1, 0.15) is 6.04 Å². The Hall–Kier alpha value is -1.96. The van der Waals surface area contributed by atoms with Crippen molar-refractivity contribution in [2.24, 2.45) is 5.92 Å². The Morgan fingerprint density at radius 2 is 2.11 bits per heavy atom. The first-order valence-electron chi connectivity index (χ1n) is 5.09. The highest BCUT2D eigenvalue weighted by molar-refractivity contribution is 7.13. The van der Waals surface area contributed by atoms with Gasteiger partial charge >= 0.3 is 11.0 Å². The molecule has 7 nitrogen and oxygen atoms in total. The van der Waals surface area contributed by atoms with Crippen LogP contribution in [0.1, 0.15) is 24.2 Å². The molecule has 8 heteroatoms. The van der Waals surface area contributed by atoms with E-state index in [0.717, 1.165) is 17.4 Å². The van der Waals surface area contributed by atoms with Crippen LogP contribution < -0.4 is 5.32 Å². The second-order valence-corrected chi connectivity index (χ2v) is 4.85. The topological polar surface area (TPSA) is 110 Å². The van der Waals surface area contributed by atoms with Crippen LogP contribution in [-0.2, 0) is 4.79 Å². The van der Waals surface area contributed by atoms with Crippen LogP contribution in [0.15, 0.2) is 11.4 Å². The monoisotopic (exact) mass is 272 g/mol. The lowest BCUT2D eigenvalue weighted by Crippen LogP contribution is -2.44. The van der Waals surface area contributed by atoms with Gasteiger partial charge < -0.3 is 10.4 Å². The molecular weight excluding hydrogens is 260 g/mol. The van der Waals surface area contributed by atoms with E-state index in [2.05, 4.69) is 5.32 Å². The Kier molecular flexibility index (Phi) is 4.38. The van der Waals surface area contributed by atoms with E-state index in [9.17, 15) is 19.7 Å². The fourth-order valence-electron chi connectivity index (χ4n) is 1.28. The Labute approximate surface area is 107 Å². The van der Waals surface area contributed by atoms with Gasteiger partial charge in [0.05, 0.1) is 10.5 Å². The van der Waals surface area contributed by atoms with Gasteiger partial charge in [-0.15, -0.1) is 0 Å². The molecule has 0 radical (unpaired) electrons. The van der Waals surface area contributed by atoms with Crippen molar-refractivity contribution >= 4 is 28.2 Å². The molecule has 1 heterocycles. The van der Waals surface area contributed by atoms with Gasteiger partial charge in [-0.2, -0.15) is 0 Å². The smallest absolute Gasteiger partial charge is 0.326 e. The van der Waals surface area contributed by atoms with Crippen LogP contribution in [0.4, 0.5) is 5.00 Å². The molecule has 18 heavy (non-hydrogen) atoms. The summed E-state index contributed by atoms with van der Waals surface area (Å²) >= 11 is 0.823. The minimum Gasteiger partial charge on any atom is -0.480 e. The number of nitrogens with zero attached hydrogens (tertiary/aromatic N) is 1. The van der Waals surface area contributed by atoms with Crippen molar-refractivity contribution in [1.82, 2.24) is 5.32 Å². The molecule has 1 aromatic heterocycles. The van der Waals surface area contributed by atoms with Crippen molar-refractivity contribution in [2.45, 2.75) is 19.9 Å². The SMILES string of the molecule is CC(C)[C@@H](NC(=O)c1csc([N+](=O)[O-])c1)C(=O)O. The van der Waals surface area contributed by atoms with E-state index < -0.39 is 22.8 Å². The third kappa shape index (κ3) is 3.27. The van der Waals surface area contributed by atoms with E-state index in [1.807, 2.05) is 0 Å². The number of carboxylic acids is 1. The molecule has 0 saturated heterocycles. The van der Waals surface area contributed by atoms with E-state index >= 15 is 0 Å². The van der Waals surface area contributed by atoms with Crippen LogP contribution in [0.3, 0.4) is 0 Å². The molecule has 98 valence electrons. The first kappa shape index (κ1) is 14.1. The third-order valence-electron chi connectivity index (χ3n) is 2.25. The first-order valence-corrected chi connectivity index (χ1v) is 5.97. The molecule has 0 unspecified atom stereocenters. The summed E-state index contributed by atoms with van der Waals surface area (Å²) in [5.74, 6) is -2.04. The van der Waals surface area contributed by atoms with Crippen molar-refractivity contribution in [3.63, 3.8) is 0 Å². The van der Waals surface area contributed by atoms with Gasteiger partial charge in [0, 0.05) is 11.4 Å². The molecule has 0 bridgehead atoms. The summed E-state index contributed by atoms with van der Waals surface area (Å²) in [5.41, 5.74) is 0.0959. The van der Waals surface area contributed by atoms with Gasteiger partial charge in [0.25, 0.3) is 5.91 Å². The van der Waals surface area contributed by atoms with Crippen molar-refractivity contribution in [3.8, 4) is 0 Å². The molecule has 1 atom stereocenters. The van der Waals surface area contributed by atoms with E-state index in [1.165, 1.54) is 5.38 Å². The maximum Gasteiger partial charge on any atom is 0.326 e. The largest absolute Gasteiger partial charge is 0.480 e. The summed E-state index contributed by atoms with van der Waals surface area (Å²) < 4.78 is 0. The van der Waals surface area contributed by atoms with Crippen LogP contribution in [0.2, 0.25) is 0 Å². The molecule has 1 aromatic rings. The van der Waals surface area contributed by atoms with Crippen LogP contribution >= 0.6 is 11.3 Å². The molecule has 0 aromatic carbocycles. The normalized spacial score (nSPS) is 12.2. The molecule has 1 rings (SSSR count). The van der Waals surface area contributed by atoms with Crippen molar-refractivity contribution in [3.05, 3.63) is 27.1 Å². The number of nitro groups is 1. The number of carbonyl (C=O) groups excluding carboxylic acids is 1. The number of amides is 1. The van der Waals surface area contributed by atoms with Crippen molar-refractivity contribution < 1.29 is 19.6 Å². The maximum absolute atomic E-state index is 11.7. The molecule has 2 N–H and O–H groups in total. The first-order chi connectivity index (χ1) is 8.32. The molecule has 0 fully saturated rings. The predicted molar refractivity (Wildman–Crippen MR) is 64.7 cm³/mol. The highest BCUT2D eigenvalue weighted by Gasteiger charge is 2.25. The average molecular weight is 272 g/mol. The Bertz CT molecular complexity index is 482. The van der Waals surface area contributed by atoms with Crippen LogP contribution in [0.25, 0.3) is 0 Å². The number of rotatable bonds is 5. The average Bonchev–Trinajstić information content (AvgIpc) is 2.73. The zero-order valence-corrected chi connectivity index (χ0v) is 10.6. The quantitative estimate of drug-likeness (QED) is 0.623. The van der Waals surface area contributed by atoms with E-state index in [4.69, 9.17) is 5.11 Å². The molecule has 0 aliphatic heterocycles. The lowest BCUT2D eigenvalue weighted by molar-refractivity contribution is -0.380. The number of carboxylic acid groups (broad SMARTS) is 1. The second kappa shape index (κ2) is 5.58. The summed E-state index contributed by atoms with van der Waals surface area (Å²) in [6, 6.07) is 0.107. The van der Waals surface area contributed by atoms with Gasteiger partial charge in [-0.1, -0.05) is 25.2 Å². The molecule has 0 aliphatic carbocycles. The standard InChI is InChI=1S/C10H12N2O5S/c1-5(2)8(10(14)15)11-9(13)6-3-7(12(16)17)18-4-6/h3-5,8H,1-2H3,(H,11,13)(H,14,15)/t8-/m1/s1. The highest BCUT2D eigenvalue weighted by Crippen LogP contribution is 2.22. The molecule has 1 amide bonds. The van der Waals surface area contributed by atoms with Crippen molar-refractivity contribution in [1.29, 1.82) is 0 Å². The molecule has 0 aliphatic rings. The minimum atomic E-state index is -1.14. The summed E-state index contributed by atoms with van der Waals surface area (Å²) in [6.07, 6.45) is 0. The van der Waals surface area contributed by atoms with Gasteiger partial charge in [-0.3, -0.25) is 14.9 Å². The van der Waals surface area contributed by atoms with Crippen LogP contribution in [-0.4, -0.2) is 27.9 Å². The van der Waals surface area contributed by atoms with E-state index in [-0.39, 0.29) is 16.5 Å². The van der Waals surface area contributed by atoms with Crippen LogP contribution in [0.5, 0.6) is 0 Å². The fraction of sp³-hybridized carbons (Fsp3) is 0.400. The van der Waals surface area contributed by atoms with E-state index in [0.29, 0.717) is 0 Å². The highest BCUT2D eigenvalue weighted by atomic mass is 32.1. The molecular formula is C10H12N2O5S. The summed E-state index contributed by atoms with van der Waals surface area (Å²) in [6.45, 7) is 3.32. The zero-order valence-electron chi connectivity index (χ0n) is 9.75. The number of hydrogen-bond donors (Lipinski definition) is 2. The Morgan fingerprint density at radius 1 is 1.50 bits per heavy atom. The Balaban J connectivity index is 2.80. The van der Waals surface area contributed by atoms with E-state index in [1.54, 1.807) is 13.8 Å².